The summed E-state index contributed by atoms with van der Waals surface area (Å²) in [4.78, 5) is 33.1. The van der Waals surface area contributed by atoms with E-state index in [1.54, 1.807) is 0 Å². The molecule has 4 aliphatic rings. The van der Waals surface area contributed by atoms with Crippen LogP contribution in [0.3, 0.4) is 0 Å². The number of likely N-dealkylation sites (tertiary alicyclic amines) is 1. The third-order valence-electron chi connectivity index (χ3n) is 9.51. The van der Waals surface area contributed by atoms with Crippen LogP contribution in [0, 0.1) is 11.3 Å². The Hall–Kier alpha value is -3.91. The number of aromatic nitrogens is 2. The summed E-state index contributed by atoms with van der Waals surface area (Å²) in [6.07, 6.45) is 7.20. The van der Waals surface area contributed by atoms with Gasteiger partial charge in [0.05, 0.1) is 30.8 Å². The first kappa shape index (κ1) is 29.2. The number of carbonyl (C=O) groups is 1. The van der Waals surface area contributed by atoms with Crippen molar-refractivity contribution in [2.75, 3.05) is 74.7 Å². The van der Waals surface area contributed by atoms with Crippen LogP contribution in [-0.4, -0.2) is 97.7 Å². The van der Waals surface area contributed by atoms with Gasteiger partial charge in [-0.15, -0.1) is 0 Å². The minimum absolute atomic E-state index is 0.118. The second kappa shape index (κ2) is 12.4. The number of ether oxygens (including phenoxy) is 1. The normalized spacial score (nSPS) is 22.2. The molecule has 2 atom stereocenters. The lowest BCUT2D eigenvalue weighted by Crippen LogP contribution is -2.55. The monoisotopic (exact) mass is 588 g/mol. The predicted octanol–water partition coefficient (Wildman–Crippen LogP) is 3.31. The van der Waals surface area contributed by atoms with Gasteiger partial charge in [-0.1, -0.05) is 6.58 Å². The summed E-state index contributed by atoms with van der Waals surface area (Å²) < 4.78 is 20.2. The van der Waals surface area contributed by atoms with Crippen molar-refractivity contribution in [3.63, 3.8) is 0 Å². The van der Waals surface area contributed by atoms with E-state index >= 15 is 0 Å². The number of pyridine rings is 2. The van der Waals surface area contributed by atoms with E-state index in [1.807, 2.05) is 12.3 Å². The average Bonchev–Trinajstić information content (AvgIpc) is 3.43. The third-order valence-corrected chi connectivity index (χ3v) is 9.51. The molecule has 0 aliphatic carbocycles. The second-order valence-electron chi connectivity index (χ2n) is 12.2. The molecule has 0 unspecified atom stereocenters. The molecular formula is C32H41FN8O2. The summed E-state index contributed by atoms with van der Waals surface area (Å²) in [5.74, 6) is -0.106. The smallest absolute Gasteiger partial charge is 0.282 e. The van der Waals surface area contributed by atoms with E-state index in [2.05, 4.69) is 52.4 Å². The molecule has 10 nitrogen and oxygen atoms in total. The van der Waals surface area contributed by atoms with Gasteiger partial charge in [-0.3, -0.25) is 4.79 Å². The van der Waals surface area contributed by atoms with Crippen LogP contribution in [0.2, 0.25) is 0 Å². The lowest BCUT2D eigenvalue weighted by Gasteiger charge is -2.43. The molecule has 2 aromatic rings. The number of piperazine rings is 1. The quantitative estimate of drug-likeness (QED) is 0.452. The maximum Gasteiger partial charge on any atom is 0.282 e. The van der Waals surface area contributed by atoms with Gasteiger partial charge in [0.1, 0.15) is 12.4 Å². The Morgan fingerprint density at radius 2 is 1.95 bits per heavy atom. The van der Waals surface area contributed by atoms with Crippen molar-refractivity contribution in [1.29, 1.82) is 5.26 Å². The van der Waals surface area contributed by atoms with E-state index in [4.69, 9.17) is 14.7 Å². The van der Waals surface area contributed by atoms with Gasteiger partial charge >= 0.3 is 0 Å². The Morgan fingerprint density at radius 1 is 1.09 bits per heavy atom. The first-order valence-corrected chi connectivity index (χ1v) is 15.4. The second-order valence-corrected chi connectivity index (χ2v) is 12.2. The molecule has 2 fully saturated rings. The maximum atomic E-state index is 13.8. The number of halogens is 1. The molecule has 2 saturated heterocycles. The molecule has 6 heterocycles. The van der Waals surface area contributed by atoms with Crippen LogP contribution < -0.4 is 19.4 Å². The van der Waals surface area contributed by atoms with E-state index in [0.717, 1.165) is 68.1 Å². The SMILES string of the molecule is C=C(F)C(=O)N1CCN(c2cc(OC[C@@H]3CCCN3C)nc3c2CCN(c2nccc4c2CCCN4C)C3)C[C@@H]1CC#N. The summed E-state index contributed by atoms with van der Waals surface area (Å²) >= 11 is 0. The van der Waals surface area contributed by atoms with Crippen LogP contribution in [0.25, 0.3) is 0 Å². The Bertz CT molecular complexity index is 1430. The van der Waals surface area contributed by atoms with Crippen molar-refractivity contribution in [2.24, 2.45) is 0 Å². The van der Waals surface area contributed by atoms with Crippen LogP contribution in [0.4, 0.5) is 21.6 Å². The van der Waals surface area contributed by atoms with Crippen molar-refractivity contribution in [3.05, 3.63) is 47.6 Å². The zero-order chi connectivity index (χ0) is 30.1. The van der Waals surface area contributed by atoms with Gasteiger partial charge in [-0.25, -0.2) is 14.4 Å². The number of fused-ring (bicyclic) bond motifs is 2. The number of rotatable bonds is 7. The van der Waals surface area contributed by atoms with Gasteiger partial charge in [0.15, 0.2) is 5.83 Å². The highest BCUT2D eigenvalue weighted by molar-refractivity contribution is 5.91. The van der Waals surface area contributed by atoms with Crippen LogP contribution >= 0.6 is 0 Å². The Morgan fingerprint density at radius 3 is 2.72 bits per heavy atom. The summed E-state index contributed by atoms with van der Waals surface area (Å²) in [6.45, 7) is 8.59. The van der Waals surface area contributed by atoms with Gasteiger partial charge in [-0.2, -0.15) is 5.26 Å². The van der Waals surface area contributed by atoms with Crippen molar-refractivity contribution < 1.29 is 13.9 Å². The van der Waals surface area contributed by atoms with Crippen molar-refractivity contribution in [2.45, 2.75) is 57.2 Å². The average molecular weight is 589 g/mol. The van der Waals surface area contributed by atoms with Gasteiger partial charge < -0.3 is 29.2 Å². The van der Waals surface area contributed by atoms with Crippen LogP contribution in [0.5, 0.6) is 5.88 Å². The van der Waals surface area contributed by atoms with Crippen molar-refractivity contribution in [3.8, 4) is 11.9 Å². The van der Waals surface area contributed by atoms with Gasteiger partial charge in [0.25, 0.3) is 5.91 Å². The minimum atomic E-state index is -0.992. The topological polar surface area (TPSA) is 92.1 Å². The van der Waals surface area contributed by atoms with E-state index in [0.29, 0.717) is 44.7 Å². The molecule has 0 radical (unpaired) electrons. The number of anilines is 3. The molecule has 4 aliphatic heterocycles. The minimum Gasteiger partial charge on any atom is -0.476 e. The fraction of sp³-hybridized carbons (Fsp3) is 0.562. The van der Waals surface area contributed by atoms with E-state index in [9.17, 15) is 14.4 Å². The summed E-state index contributed by atoms with van der Waals surface area (Å²) in [5.41, 5.74) is 5.70. The lowest BCUT2D eigenvalue weighted by molar-refractivity contribution is -0.131. The molecule has 0 aromatic carbocycles. The molecule has 2 aromatic heterocycles. The first-order valence-electron chi connectivity index (χ1n) is 15.4. The predicted molar refractivity (Wildman–Crippen MR) is 164 cm³/mol. The molecule has 1 amide bonds. The van der Waals surface area contributed by atoms with E-state index < -0.39 is 17.8 Å². The Kier molecular flexibility index (Phi) is 8.39. The van der Waals surface area contributed by atoms with Crippen LogP contribution in [0.1, 0.15) is 42.5 Å². The molecule has 11 heteroatoms. The molecular weight excluding hydrogens is 547 g/mol. The van der Waals surface area contributed by atoms with Gasteiger partial charge in [0, 0.05) is 80.6 Å². The van der Waals surface area contributed by atoms with E-state index in [1.165, 1.54) is 22.6 Å². The lowest BCUT2D eigenvalue weighted by atomic mass is 9.98. The fourth-order valence-corrected chi connectivity index (χ4v) is 7.14. The van der Waals surface area contributed by atoms with E-state index in [-0.39, 0.29) is 6.42 Å². The zero-order valence-corrected chi connectivity index (χ0v) is 25.3. The highest BCUT2D eigenvalue weighted by Gasteiger charge is 2.35. The number of hydrogen-bond acceptors (Lipinski definition) is 9. The zero-order valence-electron chi connectivity index (χ0n) is 25.3. The van der Waals surface area contributed by atoms with Crippen LogP contribution in [-0.2, 0) is 24.2 Å². The molecule has 0 bridgehead atoms. The number of likely N-dealkylation sites (N-methyl/N-ethyl adjacent to an activating group) is 1. The number of amides is 1. The Labute approximate surface area is 253 Å². The summed E-state index contributed by atoms with van der Waals surface area (Å²) in [6, 6.07) is 6.24. The maximum absolute atomic E-state index is 13.8. The molecule has 43 heavy (non-hydrogen) atoms. The van der Waals surface area contributed by atoms with Crippen LogP contribution in [0.15, 0.2) is 30.7 Å². The highest BCUT2D eigenvalue weighted by Crippen LogP contribution is 2.38. The first-order chi connectivity index (χ1) is 20.8. The molecule has 0 saturated carbocycles. The number of carbonyl (C=O) groups excluding carboxylic acids is 1. The van der Waals surface area contributed by atoms with Crippen molar-refractivity contribution in [1.82, 2.24) is 19.8 Å². The highest BCUT2D eigenvalue weighted by atomic mass is 19.1. The fourth-order valence-electron chi connectivity index (χ4n) is 7.14. The standard InChI is InChI=1S/C32H41FN8O2/c1-22(33)32(42)41-17-16-39(19-23(41)8-11-34)29-18-30(43-21-24-6-4-13-37(24)2)36-27-20-40(15-10-25(27)29)31-26-7-5-14-38(3)28(26)9-12-35-31/h9,12,18,23-24H,1,4-8,10,13-17,19-21H2,2-3H3/t23-,24-/m0/s1. The number of nitrogens with zero attached hydrogens (tertiary/aromatic N) is 8. The van der Waals surface area contributed by atoms with Gasteiger partial charge in [-0.05, 0) is 51.8 Å². The summed E-state index contributed by atoms with van der Waals surface area (Å²) in [5, 5.41) is 9.51. The molecule has 6 rings (SSSR count). The number of hydrogen-bond donors (Lipinski definition) is 0. The number of nitriles is 1. The largest absolute Gasteiger partial charge is 0.476 e. The summed E-state index contributed by atoms with van der Waals surface area (Å²) in [7, 11) is 4.28. The molecule has 0 spiro atoms. The third kappa shape index (κ3) is 5.85. The Balaban J connectivity index is 1.31. The van der Waals surface area contributed by atoms with Gasteiger partial charge in [0.2, 0.25) is 5.88 Å². The molecule has 0 N–H and O–H groups in total. The van der Waals surface area contributed by atoms with Crippen molar-refractivity contribution >= 4 is 23.1 Å². The molecule has 228 valence electrons.